The highest BCUT2D eigenvalue weighted by atomic mass is 19.1. The Morgan fingerprint density at radius 3 is 2.29 bits per heavy atom. The number of alkyl halides is 1. The van der Waals surface area contributed by atoms with Crippen LogP contribution < -0.4 is 10.2 Å². The summed E-state index contributed by atoms with van der Waals surface area (Å²) in [5.74, 6) is 2.93. The Balaban J connectivity index is 0.973. The Kier molecular flexibility index (Phi) is 5.67. The van der Waals surface area contributed by atoms with Crippen LogP contribution in [0.15, 0.2) is 33.3 Å². The number of fused-ring (bicyclic) bond motifs is 3. The molecule has 4 bridgehead atoms. The molecule has 1 N–H and O–H groups in total. The fourth-order valence-corrected chi connectivity index (χ4v) is 9.10. The van der Waals surface area contributed by atoms with E-state index in [0.29, 0.717) is 49.9 Å². The monoisotopic (exact) mass is 614 g/mol. The third-order valence-corrected chi connectivity index (χ3v) is 12.1. The van der Waals surface area contributed by atoms with Gasteiger partial charge in [-0.3, -0.25) is 9.59 Å². The maximum absolute atomic E-state index is 14.4. The summed E-state index contributed by atoms with van der Waals surface area (Å²) in [5, 5.41) is 11.5. The van der Waals surface area contributed by atoms with Gasteiger partial charge in [0, 0.05) is 42.5 Å². The first kappa shape index (κ1) is 27.7. The molecule has 11 heteroatoms. The van der Waals surface area contributed by atoms with Crippen molar-refractivity contribution < 1.29 is 23.0 Å². The van der Waals surface area contributed by atoms with E-state index in [2.05, 4.69) is 20.6 Å². The van der Waals surface area contributed by atoms with E-state index in [0.717, 1.165) is 87.2 Å². The van der Waals surface area contributed by atoms with Gasteiger partial charge in [0.05, 0.1) is 0 Å². The first-order valence-electron chi connectivity index (χ1n) is 16.7. The van der Waals surface area contributed by atoms with Crippen LogP contribution in [0.25, 0.3) is 11.4 Å². The number of halogens is 1. The largest absolute Gasteiger partial charge is 0.342 e. The fourth-order valence-electron chi connectivity index (χ4n) is 9.10. The second-order valence-corrected chi connectivity index (χ2v) is 15.6. The van der Waals surface area contributed by atoms with Crippen LogP contribution in [-0.4, -0.2) is 44.3 Å². The molecule has 2 heterocycles. The van der Waals surface area contributed by atoms with Gasteiger partial charge in [0.1, 0.15) is 11.2 Å². The van der Waals surface area contributed by atoms with Gasteiger partial charge in [0.15, 0.2) is 5.82 Å². The van der Waals surface area contributed by atoms with Gasteiger partial charge in [-0.05, 0) is 106 Å². The standard InChI is InChI=1S/C34H39FN6O4/c1-21(42)38-34(13-14-34)29-37-27(40-45-29)23-3-2-4-24(15-23)41(25(43)16-31-17-33(35,18-31)19-31)20-30-7-10-32(11-8-30,12-9-30)28-36-26(39-44-28)22-5-6-22/h2-4,15,22H,5-14,16-20H2,1H3,(H,38,42). The molecule has 1 aromatic carbocycles. The predicted octanol–water partition coefficient (Wildman–Crippen LogP) is 6.03. The molecule has 0 unspecified atom stereocenters. The number of hydrogen-bond acceptors (Lipinski definition) is 8. The number of carbonyl (C=O) groups is 2. The van der Waals surface area contributed by atoms with Gasteiger partial charge in [0.2, 0.25) is 23.5 Å². The third-order valence-electron chi connectivity index (χ3n) is 12.1. The normalized spacial score (nSPS) is 33.6. The van der Waals surface area contributed by atoms with Crippen molar-refractivity contribution in [3.05, 3.63) is 41.9 Å². The Morgan fingerprint density at radius 2 is 1.64 bits per heavy atom. The van der Waals surface area contributed by atoms with E-state index in [-0.39, 0.29) is 28.1 Å². The molecule has 8 saturated carbocycles. The number of amides is 2. The van der Waals surface area contributed by atoms with Gasteiger partial charge >= 0.3 is 0 Å². The Labute approximate surface area is 260 Å². The molecule has 2 aromatic heterocycles. The lowest BCUT2D eigenvalue weighted by Gasteiger charge is -2.66. The van der Waals surface area contributed by atoms with Crippen LogP contribution in [0.1, 0.15) is 120 Å². The Morgan fingerprint density at radius 1 is 0.933 bits per heavy atom. The van der Waals surface area contributed by atoms with Crippen molar-refractivity contribution in [1.29, 1.82) is 0 Å². The highest BCUT2D eigenvalue weighted by Gasteiger charge is 2.69. The number of rotatable bonds is 10. The molecule has 8 fully saturated rings. The average molecular weight is 615 g/mol. The second kappa shape index (κ2) is 9.22. The predicted molar refractivity (Wildman–Crippen MR) is 160 cm³/mol. The van der Waals surface area contributed by atoms with Crippen LogP contribution in [0, 0.1) is 10.8 Å². The lowest BCUT2D eigenvalue weighted by atomic mass is 9.41. The van der Waals surface area contributed by atoms with Crippen LogP contribution in [-0.2, 0) is 20.5 Å². The number of anilines is 1. The van der Waals surface area contributed by atoms with E-state index in [1.165, 1.54) is 6.92 Å². The number of nitrogens with one attached hydrogen (secondary N) is 1. The van der Waals surface area contributed by atoms with E-state index in [4.69, 9.17) is 14.0 Å². The third kappa shape index (κ3) is 4.54. The molecule has 8 aliphatic rings. The van der Waals surface area contributed by atoms with E-state index in [1.54, 1.807) is 0 Å². The topological polar surface area (TPSA) is 127 Å². The molecule has 2 amide bonds. The summed E-state index contributed by atoms with van der Waals surface area (Å²) >= 11 is 0. The molecular formula is C34H39FN6O4. The van der Waals surface area contributed by atoms with Gasteiger partial charge in [-0.15, -0.1) is 0 Å². The number of aromatic nitrogens is 4. The van der Waals surface area contributed by atoms with Crippen LogP contribution in [0.5, 0.6) is 0 Å². The van der Waals surface area contributed by atoms with E-state index >= 15 is 0 Å². The summed E-state index contributed by atoms with van der Waals surface area (Å²) in [4.78, 5) is 37.4. The zero-order valence-corrected chi connectivity index (χ0v) is 25.7. The van der Waals surface area contributed by atoms with Crippen LogP contribution in [0.3, 0.4) is 0 Å². The van der Waals surface area contributed by atoms with Crippen LogP contribution in [0.4, 0.5) is 10.1 Å². The molecule has 11 rings (SSSR count). The summed E-state index contributed by atoms with van der Waals surface area (Å²) in [5.41, 5.74) is -0.302. The number of nitrogens with zero attached hydrogens (tertiary/aromatic N) is 5. The summed E-state index contributed by atoms with van der Waals surface area (Å²) < 4.78 is 25.9. The molecule has 0 radical (unpaired) electrons. The highest BCUT2D eigenvalue weighted by Crippen LogP contribution is 2.71. The smallest absolute Gasteiger partial charge is 0.252 e. The van der Waals surface area contributed by atoms with Crippen molar-refractivity contribution >= 4 is 17.5 Å². The zero-order chi connectivity index (χ0) is 30.7. The summed E-state index contributed by atoms with van der Waals surface area (Å²) in [6, 6.07) is 7.79. The first-order chi connectivity index (χ1) is 21.6. The van der Waals surface area contributed by atoms with E-state index < -0.39 is 11.2 Å². The van der Waals surface area contributed by atoms with Crippen LogP contribution in [0.2, 0.25) is 0 Å². The summed E-state index contributed by atoms with van der Waals surface area (Å²) in [7, 11) is 0. The molecular weight excluding hydrogens is 575 g/mol. The van der Waals surface area contributed by atoms with Crippen molar-refractivity contribution in [3.63, 3.8) is 0 Å². The maximum atomic E-state index is 14.4. The van der Waals surface area contributed by atoms with Crippen molar-refractivity contribution in [2.45, 2.75) is 119 Å². The van der Waals surface area contributed by atoms with Crippen molar-refractivity contribution in [3.8, 4) is 11.4 Å². The fraction of sp³-hybridized carbons (Fsp3) is 0.647. The first-order valence-corrected chi connectivity index (χ1v) is 16.7. The van der Waals surface area contributed by atoms with Gasteiger partial charge in [0.25, 0.3) is 5.89 Å². The molecule has 0 atom stereocenters. The molecule has 10 nitrogen and oxygen atoms in total. The minimum Gasteiger partial charge on any atom is -0.342 e. The highest BCUT2D eigenvalue weighted by molar-refractivity contribution is 5.95. The van der Waals surface area contributed by atoms with Crippen molar-refractivity contribution in [2.75, 3.05) is 11.4 Å². The zero-order valence-electron chi connectivity index (χ0n) is 25.7. The van der Waals surface area contributed by atoms with Crippen molar-refractivity contribution in [1.82, 2.24) is 25.6 Å². The van der Waals surface area contributed by atoms with E-state index in [9.17, 15) is 14.0 Å². The number of carbonyl (C=O) groups excluding carboxylic acids is 2. The maximum Gasteiger partial charge on any atom is 0.252 e. The lowest BCUT2D eigenvalue weighted by molar-refractivity contribution is -0.215. The Bertz CT molecular complexity index is 1660. The SMILES string of the molecule is CC(=O)NC1(c2nc(-c3cccc(N(CC45CCC(c6nc(C7CC7)no6)(CC4)CC5)C(=O)CC45CC(F)(C4)C5)c3)no2)CC1. The lowest BCUT2D eigenvalue weighted by Crippen LogP contribution is -2.65. The van der Waals surface area contributed by atoms with Crippen LogP contribution >= 0.6 is 0 Å². The summed E-state index contributed by atoms with van der Waals surface area (Å²) in [6.45, 7) is 2.11. The van der Waals surface area contributed by atoms with Gasteiger partial charge in [-0.2, -0.15) is 9.97 Å². The average Bonchev–Trinajstić information content (AvgIpc) is 3.89. The van der Waals surface area contributed by atoms with Gasteiger partial charge < -0.3 is 19.3 Å². The van der Waals surface area contributed by atoms with E-state index in [1.807, 2.05) is 29.2 Å². The molecule has 0 spiro atoms. The molecule has 8 aliphatic carbocycles. The number of benzene rings is 1. The second-order valence-electron chi connectivity index (χ2n) is 15.6. The molecule has 0 aliphatic heterocycles. The minimum absolute atomic E-state index is 0.00350. The minimum atomic E-state index is -1.04. The summed E-state index contributed by atoms with van der Waals surface area (Å²) in [6.07, 6.45) is 11.6. The van der Waals surface area contributed by atoms with Crippen molar-refractivity contribution in [2.24, 2.45) is 10.8 Å². The molecule has 236 valence electrons. The van der Waals surface area contributed by atoms with Gasteiger partial charge in [-0.1, -0.05) is 22.4 Å². The quantitative estimate of drug-likeness (QED) is 0.293. The number of hydrogen-bond donors (Lipinski definition) is 1. The van der Waals surface area contributed by atoms with Gasteiger partial charge in [-0.25, -0.2) is 4.39 Å². The Hall–Kier alpha value is -3.63. The molecule has 45 heavy (non-hydrogen) atoms. The molecule has 0 saturated heterocycles. The molecule has 3 aromatic rings.